The molecule has 0 heterocycles. The van der Waals surface area contributed by atoms with Gasteiger partial charge in [-0.25, -0.2) is 20.2 Å². The van der Waals surface area contributed by atoms with Gasteiger partial charge in [0.1, 0.15) is 12.4 Å². The van der Waals surface area contributed by atoms with Gasteiger partial charge in [0.05, 0.1) is 11.3 Å². The lowest BCUT2D eigenvalue weighted by molar-refractivity contribution is -0.711. The van der Waals surface area contributed by atoms with E-state index in [1.807, 2.05) is 25.6 Å². The van der Waals surface area contributed by atoms with Crippen LogP contribution in [0.5, 0.6) is 0 Å². The average molecular weight is 511 g/mol. The molecule has 35 heavy (non-hydrogen) atoms. The summed E-state index contributed by atoms with van der Waals surface area (Å²) in [6, 6.07) is 7.14. The number of carbonyl (C=O) groups is 1. The van der Waals surface area contributed by atoms with Crippen LogP contribution in [-0.4, -0.2) is 44.3 Å². The van der Waals surface area contributed by atoms with E-state index in [0.717, 1.165) is 18.6 Å². The molecule has 1 aromatic rings. The highest BCUT2D eigenvalue weighted by Crippen LogP contribution is 2.32. The van der Waals surface area contributed by atoms with Gasteiger partial charge >= 0.3 is 0 Å². The van der Waals surface area contributed by atoms with Crippen LogP contribution in [0.4, 0.5) is 5.69 Å². The third kappa shape index (κ3) is 9.93. The molecule has 0 saturated carbocycles. The highest BCUT2D eigenvalue weighted by Gasteiger charge is 2.31. The molecule has 194 valence electrons. The third-order valence-corrected chi connectivity index (χ3v) is 6.11. The zero-order valence-corrected chi connectivity index (χ0v) is 21.4. The van der Waals surface area contributed by atoms with Gasteiger partial charge in [-0.05, 0) is 43.6 Å². The van der Waals surface area contributed by atoms with Crippen molar-refractivity contribution in [1.29, 1.82) is 0 Å². The highest BCUT2D eigenvalue weighted by atomic mass is 32.2. The number of aliphatic hydroxyl groups excluding tert-OH is 1. The summed E-state index contributed by atoms with van der Waals surface area (Å²) in [4.78, 5) is 38.0. The number of allylic oxidation sites excluding steroid dienone is 2. The van der Waals surface area contributed by atoms with E-state index in [4.69, 9.17) is 4.84 Å². The maximum absolute atomic E-state index is 12.5. The van der Waals surface area contributed by atoms with Crippen LogP contribution in [-0.2, 0) is 9.63 Å². The summed E-state index contributed by atoms with van der Waals surface area (Å²) < 4.78 is 0. The number of rotatable bonds is 12. The van der Waals surface area contributed by atoms with Crippen LogP contribution < -0.4 is 5.12 Å². The quantitative estimate of drug-likeness (QED) is 0.222. The molecule has 2 unspecified atom stereocenters. The summed E-state index contributed by atoms with van der Waals surface area (Å²) in [6.07, 6.45) is 3.56. The Morgan fingerprint density at radius 1 is 1.20 bits per heavy atom. The molecule has 1 aromatic carbocycles. The van der Waals surface area contributed by atoms with E-state index >= 15 is 0 Å². The number of oxime groups is 1. The monoisotopic (exact) mass is 510 g/mol. The molecule has 0 aromatic heterocycles. The topological polar surface area (TPSA) is 148 Å². The van der Waals surface area contributed by atoms with E-state index in [9.17, 15) is 30.1 Å². The molecule has 2 rings (SSSR count). The summed E-state index contributed by atoms with van der Waals surface area (Å²) >= 11 is 1.90. The number of hydrogen-bond donors (Lipinski definition) is 1. The largest absolute Gasteiger partial charge is 0.511 e. The fourth-order valence-corrected chi connectivity index (χ4v) is 4.67. The lowest BCUT2D eigenvalue weighted by atomic mass is 9.82. The second-order valence-electron chi connectivity index (χ2n) is 7.83. The lowest BCUT2D eigenvalue weighted by Gasteiger charge is -2.25. The van der Waals surface area contributed by atoms with Gasteiger partial charge in [-0.15, -0.1) is 0 Å². The van der Waals surface area contributed by atoms with Gasteiger partial charge in [-0.1, -0.05) is 50.5 Å². The fourth-order valence-electron chi connectivity index (χ4n) is 3.69. The Bertz CT molecular complexity index is 894. The number of aliphatic hydroxyl groups is 1. The summed E-state index contributed by atoms with van der Waals surface area (Å²) in [5.41, 5.74) is 0.918. The number of thioether (sulfide) groups is 1. The number of Topliss-reactive ketones (excluding diaryl/α,β-unsaturated/α-hetero) is 1. The molecule has 0 spiro atoms. The number of benzene rings is 1. The predicted octanol–water partition coefficient (Wildman–Crippen LogP) is 5.38. The van der Waals surface area contributed by atoms with Gasteiger partial charge in [0.15, 0.2) is 16.6 Å². The molecule has 0 radical (unpaired) electrons. The Kier molecular flexibility index (Phi) is 13.4. The van der Waals surface area contributed by atoms with Crippen molar-refractivity contribution in [2.75, 3.05) is 17.5 Å². The number of anilines is 1. The number of nitro groups is 2. The fraction of sp³-hybridized carbons (Fsp3) is 0.565. The molecule has 0 bridgehead atoms. The molecule has 2 atom stereocenters. The first-order valence-corrected chi connectivity index (χ1v) is 12.6. The smallest absolute Gasteiger partial charge is 0.228 e. The van der Waals surface area contributed by atoms with E-state index in [0.29, 0.717) is 42.4 Å². The van der Waals surface area contributed by atoms with Crippen molar-refractivity contribution in [2.24, 2.45) is 11.1 Å². The second kappa shape index (κ2) is 15.7. The maximum Gasteiger partial charge on any atom is 0.228 e. The molecule has 0 fully saturated rings. The number of ketones is 1. The summed E-state index contributed by atoms with van der Waals surface area (Å²) in [7, 11) is 0. The van der Waals surface area contributed by atoms with Crippen LogP contribution in [0.25, 0.3) is 0 Å². The van der Waals surface area contributed by atoms with E-state index in [1.54, 1.807) is 6.07 Å². The first-order chi connectivity index (χ1) is 16.7. The van der Waals surface area contributed by atoms with E-state index in [1.165, 1.54) is 24.3 Å². The minimum atomic E-state index is -1.09. The molecule has 0 aliphatic heterocycles. The van der Waals surface area contributed by atoms with Gasteiger partial charge in [-0.2, -0.15) is 11.8 Å². The Morgan fingerprint density at radius 3 is 2.31 bits per heavy atom. The van der Waals surface area contributed by atoms with E-state index < -0.39 is 10.1 Å². The number of hydrogen-bond acceptors (Lipinski definition) is 9. The van der Waals surface area contributed by atoms with Gasteiger partial charge in [0.2, 0.25) is 10.1 Å². The van der Waals surface area contributed by atoms with Crippen LogP contribution in [0.15, 0.2) is 46.8 Å². The molecular formula is C23H34N4O7S. The van der Waals surface area contributed by atoms with Crippen molar-refractivity contribution in [3.8, 4) is 0 Å². The highest BCUT2D eigenvalue weighted by molar-refractivity contribution is 7.99. The maximum atomic E-state index is 12.5. The molecular weight excluding hydrogens is 476 g/mol. The molecule has 1 aliphatic rings. The zero-order valence-electron chi connectivity index (χ0n) is 20.6. The van der Waals surface area contributed by atoms with Crippen molar-refractivity contribution in [1.82, 2.24) is 0 Å². The second-order valence-corrected chi connectivity index (χ2v) is 9.54. The predicted molar refractivity (Wildman–Crippen MR) is 136 cm³/mol. The van der Waals surface area contributed by atoms with E-state index in [-0.39, 0.29) is 28.3 Å². The van der Waals surface area contributed by atoms with Crippen LogP contribution in [0.1, 0.15) is 59.8 Å². The number of para-hydroxylation sites is 1. The first-order valence-electron chi connectivity index (χ1n) is 11.6. The Morgan fingerprint density at radius 2 is 1.83 bits per heavy atom. The van der Waals surface area contributed by atoms with Crippen LogP contribution in [0.3, 0.4) is 0 Å². The molecule has 0 saturated heterocycles. The van der Waals surface area contributed by atoms with Crippen molar-refractivity contribution >= 4 is 28.9 Å². The van der Waals surface area contributed by atoms with Crippen molar-refractivity contribution < 1.29 is 24.8 Å². The lowest BCUT2D eigenvalue weighted by Crippen LogP contribution is -2.35. The van der Waals surface area contributed by atoms with Crippen molar-refractivity contribution in [3.05, 3.63) is 61.9 Å². The number of nitrogens with zero attached hydrogens (tertiary/aromatic N) is 4. The van der Waals surface area contributed by atoms with Gasteiger partial charge in [-0.3, -0.25) is 4.79 Å². The van der Waals surface area contributed by atoms with E-state index in [2.05, 4.69) is 19.0 Å². The summed E-state index contributed by atoms with van der Waals surface area (Å²) in [5.74, 6) is 1.52. The van der Waals surface area contributed by atoms with Crippen LogP contribution >= 0.6 is 11.8 Å². The van der Waals surface area contributed by atoms with Gasteiger partial charge in [0.25, 0.3) is 0 Å². The van der Waals surface area contributed by atoms with Crippen molar-refractivity contribution in [2.45, 2.75) is 65.0 Å². The Hall–Kier alpha value is -3.15. The molecule has 0 amide bonds. The normalized spacial score (nSPS) is 16.7. The minimum Gasteiger partial charge on any atom is -0.511 e. The average Bonchev–Trinajstić information content (AvgIpc) is 2.78. The van der Waals surface area contributed by atoms with Crippen LogP contribution in [0, 0.1) is 26.1 Å². The summed E-state index contributed by atoms with van der Waals surface area (Å²) in [6.45, 7) is 8.67. The third-order valence-electron chi connectivity index (χ3n) is 5.02. The molecule has 12 heteroatoms. The van der Waals surface area contributed by atoms with Crippen LogP contribution in [0.2, 0.25) is 0 Å². The Balaban J connectivity index is 0.000000400. The SMILES string of the molecule is CCC/C(=N\OCC)C1=C(O)CC(CC(C)SCC)CC1=O.O=[N+]([O-])N(c1ccccc1)[N+](=O)[O-]. The van der Waals surface area contributed by atoms with Crippen molar-refractivity contribution in [3.63, 3.8) is 0 Å². The zero-order chi connectivity index (χ0) is 26.4. The molecule has 1 N–H and O–H groups in total. The van der Waals surface area contributed by atoms with Gasteiger partial charge in [0, 0.05) is 18.1 Å². The van der Waals surface area contributed by atoms with Gasteiger partial charge < -0.3 is 9.94 Å². The molecule has 11 nitrogen and oxygen atoms in total. The standard InChI is InChI=1S/C17H29NO3S.C6H5N3O4/c1-5-8-14(18-21-6-2)17-15(19)10-13(11-16(17)20)9-12(4)22-7-3;10-8(11)7(9(12)13)6-4-2-1-3-5-6/h12-13,19H,5-11H2,1-4H3;1-5H/b18-14+;. The Labute approximate surface area is 209 Å². The molecule has 1 aliphatic carbocycles. The summed E-state index contributed by atoms with van der Waals surface area (Å²) in [5, 5.41) is 33.1. The number of carbonyl (C=O) groups excluding carboxylic acids is 1. The first kappa shape index (κ1) is 29.9. The number of hydrazine groups is 2. The minimum absolute atomic E-state index is 0.00866.